The second kappa shape index (κ2) is 8.81. The molecule has 114 valence electrons. The average molecular weight is 312 g/mol. The third-order valence-electron chi connectivity index (χ3n) is 2.58. The van der Waals surface area contributed by atoms with Crippen LogP contribution in [0.2, 0.25) is 0 Å². The molecule has 1 atom stereocenters. The monoisotopic (exact) mass is 311 g/mol. The maximum absolute atomic E-state index is 11.9. The van der Waals surface area contributed by atoms with Crippen molar-refractivity contribution in [1.29, 1.82) is 0 Å². The average Bonchev–Trinajstić information content (AvgIpc) is 2.37. The molecular formula is C13H17ClF3NO2. The van der Waals surface area contributed by atoms with Crippen molar-refractivity contribution >= 4 is 18.4 Å². The number of rotatable bonds is 6. The molecular weight excluding hydrogens is 295 g/mol. The lowest BCUT2D eigenvalue weighted by atomic mass is 10.1. The summed E-state index contributed by atoms with van der Waals surface area (Å²) in [5, 5.41) is 2.67. The quantitative estimate of drug-likeness (QED) is 0.821. The van der Waals surface area contributed by atoms with E-state index in [4.69, 9.17) is 0 Å². The van der Waals surface area contributed by atoms with Crippen molar-refractivity contribution in [3.05, 3.63) is 35.9 Å². The van der Waals surface area contributed by atoms with Gasteiger partial charge in [0.15, 0.2) is 6.61 Å². The van der Waals surface area contributed by atoms with Gasteiger partial charge < -0.3 is 10.1 Å². The Balaban J connectivity index is 0.00000361. The number of alkyl halides is 3. The Morgan fingerprint density at radius 3 is 2.40 bits per heavy atom. The lowest BCUT2D eigenvalue weighted by molar-refractivity contribution is -0.187. The van der Waals surface area contributed by atoms with Crippen LogP contribution in [0.15, 0.2) is 30.3 Å². The molecule has 0 aliphatic carbocycles. The molecule has 1 rings (SSSR count). The van der Waals surface area contributed by atoms with Gasteiger partial charge in [-0.2, -0.15) is 13.2 Å². The Morgan fingerprint density at radius 1 is 1.30 bits per heavy atom. The molecule has 0 spiro atoms. The first-order valence-corrected chi connectivity index (χ1v) is 5.87. The molecule has 0 heterocycles. The Hall–Kier alpha value is -1.27. The maximum atomic E-state index is 11.9. The maximum Gasteiger partial charge on any atom is 0.422 e. The van der Waals surface area contributed by atoms with Gasteiger partial charge in [0.25, 0.3) is 0 Å². The van der Waals surface area contributed by atoms with Gasteiger partial charge in [0.05, 0.1) is 0 Å². The van der Waals surface area contributed by atoms with Crippen molar-refractivity contribution in [3.8, 4) is 0 Å². The minimum Gasteiger partial charge on any atom is -0.455 e. The van der Waals surface area contributed by atoms with Crippen LogP contribution in [0, 0.1) is 0 Å². The van der Waals surface area contributed by atoms with E-state index in [1.165, 1.54) is 7.05 Å². The van der Waals surface area contributed by atoms with Gasteiger partial charge in [-0.3, -0.25) is 4.79 Å². The van der Waals surface area contributed by atoms with E-state index in [-0.39, 0.29) is 12.4 Å². The van der Waals surface area contributed by atoms with Crippen LogP contribution in [0.1, 0.15) is 12.0 Å². The summed E-state index contributed by atoms with van der Waals surface area (Å²) in [6.45, 7) is -1.55. The van der Waals surface area contributed by atoms with Crippen LogP contribution >= 0.6 is 12.4 Å². The van der Waals surface area contributed by atoms with E-state index in [1.54, 1.807) is 0 Å². The van der Waals surface area contributed by atoms with Crippen molar-refractivity contribution < 1.29 is 22.7 Å². The van der Waals surface area contributed by atoms with Gasteiger partial charge in [0, 0.05) is 0 Å². The third-order valence-corrected chi connectivity index (χ3v) is 2.58. The molecule has 3 nitrogen and oxygen atoms in total. The second-order valence-corrected chi connectivity index (χ2v) is 4.09. The molecule has 0 aliphatic rings. The molecule has 0 amide bonds. The molecule has 1 N–H and O–H groups in total. The van der Waals surface area contributed by atoms with E-state index in [0.717, 1.165) is 5.56 Å². The zero-order chi connectivity index (χ0) is 14.3. The van der Waals surface area contributed by atoms with Crippen molar-refractivity contribution in [3.63, 3.8) is 0 Å². The fourth-order valence-electron chi connectivity index (χ4n) is 1.59. The lowest BCUT2D eigenvalue weighted by Gasteiger charge is -2.16. The van der Waals surface area contributed by atoms with Crippen molar-refractivity contribution in [2.45, 2.75) is 25.1 Å². The van der Waals surface area contributed by atoms with Crippen LogP contribution in [0.3, 0.4) is 0 Å². The van der Waals surface area contributed by atoms with Gasteiger partial charge in [-0.05, 0) is 25.5 Å². The number of hydrogen-bond donors (Lipinski definition) is 1. The van der Waals surface area contributed by atoms with E-state index in [0.29, 0.717) is 12.8 Å². The fourth-order valence-corrected chi connectivity index (χ4v) is 1.59. The van der Waals surface area contributed by atoms with Gasteiger partial charge in [-0.1, -0.05) is 30.3 Å². The number of esters is 1. The molecule has 0 radical (unpaired) electrons. The van der Waals surface area contributed by atoms with Gasteiger partial charge in [0.2, 0.25) is 0 Å². The van der Waals surface area contributed by atoms with Crippen molar-refractivity contribution in [2.75, 3.05) is 13.7 Å². The number of likely N-dealkylation sites (N-methyl/N-ethyl adjacent to an activating group) is 1. The molecule has 0 saturated heterocycles. The molecule has 7 heteroatoms. The Labute approximate surface area is 121 Å². The Kier molecular flexibility index (Phi) is 8.25. The largest absolute Gasteiger partial charge is 0.455 e. The summed E-state index contributed by atoms with van der Waals surface area (Å²) >= 11 is 0. The van der Waals surface area contributed by atoms with E-state index in [9.17, 15) is 18.0 Å². The summed E-state index contributed by atoms with van der Waals surface area (Å²) in [4.78, 5) is 11.5. The van der Waals surface area contributed by atoms with Gasteiger partial charge in [-0.15, -0.1) is 12.4 Å². The zero-order valence-electron chi connectivity index (χ0n) is 10.9. The highest BCUT2D eigenvalue weighted by atomic mass is 35.5. The molecule has 0 fully saturated rings. The fraction of sp³-hybridized carbons (Fsp3) is 0.462. The van der Waals surface area contributed by atoms with E-state index >= 15 is 0 Å². The molecule has 1 aromatic carbocycles. The van der Waals surface area contributed by atoms with Crippen LogP contribution in [-0.4, -0.2) is 31.8 Å². The summed E-state index contributed by atoms with van der Waals surface area (Å²) in [6.07, 6.45) is -3.52. The molecule has 0 aliphatic heterocycles. The lowest BCUT2D eigenvalue weighted by Crippen LogP contribution is -2.37. The number of hydrogen-bond acceptors (Lipinski definition) is 3. The minimum absolute atomic E-state index is 0. The first kappa shape index (κ1) is 18.7. The molecule has 1 aromatic rings. The van der Waals surface area contributed by atoms with Gasteiger partial charge in [-0.25, -0.2) is 0 Å². The number of ether oxygens (including phenoxy) is 1. The predicted octanol–water partition coefficient (Wildman–Crippen LogP) is 2.73. The number of carbonyl (C=O) groups excluding carboxylic acids is 1. The number of carbonyl (C=O) groups is 1. The minimum atomic E-state index is -4.49. The Bertz CT molecular complexity index is 398. The third kappa shape index (κ3) is 7.35. The van der Waals surface area contributed by atoms with Gasteiger partial charge in [0.1, 0.15) is 6.04 Å². The van der Waals surface area contributed by atoms with Crippen LogP contribution < -0.4 is 5.32 Å². The molecule has 0 aromatic heterocycles. The first-order valence-electron chi connectivity index (χ1n) is 5.87. The number of halogens is 4. The van der Waals surface area contributed by atoms with Crippen LogP contribution in [0.25, 0.3) is 0 Å². The van der Waals surface area contributed by atoms with Crippen LogP contribution in [-0.2, 0) is 16.0 Å². The first-order chi connectivity index (χ1) is 8.92. The standard InChI is InChI=1S/C13H16F3NO2.ClH/c1-17-11(12(18)19-9-13(14,15)16)8-7-10-5-3-2-4-6-10;/h2-6,11,17H,7-9H2,1H3;1H/t11-;/m0./s1. The van der Waals surface area contributed by atoms with E-state index in [1.807, 2.05) is 30.3 Å². The molecule has 20 heavy (non-hydrogen) atoms. The van der Waals surface area contributed by atoms with Crippen LogP contribution in [0.5, 0.6) is 0 Å². The summed E-state index contributed by atoms with van der Waals surface area (Å²) in [5.74, 6) is -0.879. The van der Waals surface area contributed by atoms with Crippen LogP contribution in [0.4, 0.5) is 13.2 Å². The number of aryl methyl sites for hydroxylation is 1. The second-order valence-electron chi connectivity index (χ2n) is 4.09. The normalized spacial score (nSPS) is 12.4. The SMILES string of the molecule is CN[C@@H](CCc1ccccc1)C(=O)OCC(F)(F)F.Cl. The topological polar surface area (TPSA) is 38.3 Å². The summed E-state index contributed by atoms with van der Waals surface area (Å²) < 4.78 is 40.0. The molecule has 0 bridgehead atoms. The van der Waals surface area contributed by atoms with Crippen molar-refractivity contribution in [2.24, 2.45) is 0 Å². The number of nitrogens with one attached hydrogen (secondary N) is 1. The Morgan fingerprint density at radius 2 is 1.90 bits per heavy atom. The highest BCUT2D eigenvalue weighted by Gasteiger charge is 2.31. The summed E-state index contributed by atoms with van der Waals surface area (Å²) in [6, 6.07) is 8.66. The van der Waals surface area contributed by atoms with Crippen molar-refractivity contribution in [1.82, 2.24) is 5.32 Å². The van der Waals surface area contributed by atoms with E-state index in [2.05, 4.69) is 10.1 Å². The highest BCUT2D eigenvalue weighted by molar-refractivity contribution is 5.85. The zero-order valence-corrected chi connectivity index (χ0v) is 11.8. The highest BCUT2D eigenvalue weighted by Crippen LogP contribution is 2.15. The smallest absolute Gasteiger partial charge is 0.422 e. The molecule has 0 saturated carbocycles. The number of benzene rings is 1. The van der Waals surface area contributed by atoms with Gasteiger partial charge >= 0.3 is 12.1 Å². The summed E-state index contributed by atoms with van der Waals surface area (Å²) in [7, 11) is 1.52. The summed E-state index contributed by atoms with van der Waals surface area (Å²) in [5.41, 5.74) is 1.02. The molecule has 0 unspecified atom stereocenters. The predicted molar refractivity (Wildman–Crippen MR) is 71.9 cm³/mol. The van der Waals surface area contributed by atoms with E-state index < -0.39 is 24.8 Å².